The van der Waals surface area contributed by atoms with E-state index in [1.807, 2.05) is 6.07 Å². The first-order valence-corrected chi connectivity index (χ1v) is 5.63. The average molecular weight is 262 g/mol. The molecule has 96 valence electrons. The van der Waals surface area contributed by atoms with Gasteiger partial charge in [0.2, 0.25) is 0 Å². The molecule has 0 unspecified atom stereocenters. The Balaban J connectivity index is 4.81. The second-order valence-corrected chi connectivity index (χ2v) is 4.22. The van der Waals surface area contributed by atoms with E-state index in [0.29, 0.717) is 0 Å². The molecule has 0 atom stereocenters. The normalized spacial score (nSPS) is 10.5. The minimum Gasteiger partial charge on any atom is -0.480 e. The van der Waals surface area contributed by atoms with Crippen molar-refractivity contribution in [2.24, 2.45) is 0 Å². The molecule has 6 nitrogen and oxygen atoms in total. The van der Waals surface area contributed by atoms with Crippen molar-refractivity contribution in [2.45, 2.75) is 25.8 Å². The maximum atomic E-state index is 11.7. The highest BCUT2D eigenvalue weighted by Crippen LogP contribution is 2.15. The lowest BCUT2D eigenvalue weighted by atomic mass is 10.0. The second kappa shape index (κ2) is 6.97. The molecule has 0 radical (unpaired) electrons. The number of amides is 2. The van der Waals surface area contributed by atoms with Gasteiger partial charge in [-0.3, -0.25) is 0 Å². The molecular formula is C10H16ClN3O3. The van der Waals surface area contributed by atoms with Crippen molar-refractivity contribution in [1.82, 2.24) is 10.2 Å². The molecule has 0 rings (SSSR count). The molecule has 0 aromatic carbocycles. The van der Waals surface area contributed by atoms with E-state index >= 15 is 0 Å². The fourth-order valence-corrected chi connectivity index (χ4v) is 1.26. The van der Waals surface area contributed by atoms with Gasteiger partial charge in [0.15, 0.2) is 0 Å². The van der Waals surface area contributed by atoms with Gasteiger partial charge < -0.3 is 15.3 Å². The SMILES string of the molecule is CC(C)(C(=O)O)N(CCC#N)C(=O)NCCCl. The van der Waals surface area contributed by atoms with Crippen LogP contribution in [-0.4, -0.2) is 46.5 Å². The van der Waals surface area contributed by atoms with Crippen LogP contribution in [-0.2, 0) is 4.79 Å². The highest BCUT2D eigenvalue weighted by molar-refractivity contribution is 6.18. The van der Waals surface area contributed by atoms with Gasteiger partial charge in [0.05, 0.1) is 12.5 Å². The Morgan fingerprint density at radius 2 is 2.12 bits per heavy atom. The second-order valence-electron chi connectivity index (χ2n) is 3.84. The van der Waals surface area contributed by atoms with E-state index in [4.69, 9.17) is 22.0 Å². The van der Waals surface area contributed by atoms with Crippen LogP contribution in [0.5, 0.6) is 0 Å². The molecule has 2 amide bonds. The van der Waals surface area contributed by atoms with Gasteiger partial charge in [0, 0.05) is 19.0 Å². The number of hydrogen-bond donors (Lipinski definition) is 2. The molecule has 0 spiro atoms. The fourth-order valence-electron chi connectivity index (χ4n) is 1.16. The van der Waals surface area contributed by atoms with Crippen LogP contribution in [0.25, 0.3) is 0 Å². The van der Waals surface area contributed by atoms with Crippen molar-refractivity contribution in [1.29, 1.82) is 5.26 Å². The zero-order valence-electron chi connectivity index (χ0n) is 9.86. The topological polar surface area (TPSA) is 93.4 Å². The Labute approximate surface area is 105 Å². The van der Waals surface area contributed by atoms with Crippen LogP contribution in [0.3, 0.4) is 0 Å². The van der Waals surface area contributed by atoms with Crippen LogP contribution in [0.1, 0.15) is 20.3 Å². The molecule has 0 saturated heterocycles. The van der Waals surface area contributed by atoms with Gasteiger partial charge in [0.1, 0.15) is 5.54 Å². The van der Waals surface area contributed by atoms with Gasteiger partial charge in [-0.1, -0.05) is 0 Å². The minimum absolute atomic E-state index is 0.0594. The molecule has 0 aliphatic carbocycles. The van der Waals surface area contributed by atoms with Crippen LogP contribution >= 0.6 is 11.6 Å². The largest absolute Gasteiger partial charge is 0.480 e. The summed E-state index contributed by atoms with van der Waals surface area (Å²) >= 11 is 5.43. The van der Waals surface area contributed by atoms with Crippen molar-refractivity contribution in [3.8, 4) is 6.07 Å². The Kier molecular flexibility index (Phi) is 6.36. The number of carbonyl (C=O) groups is 2. The standard InChI is InChI=1S/C10H16ClN3O3/c1-10(2,8(15)16)14(7-3-5-12)9(17)13-6-4-11/h3-4,6-7H2,1-2H3,(H,13,17)(H,15,16). The summed E-state index contributed by atoms with van der Waals surface area (Å²) < 4.78 is 0. The van der Waals surface area contributed by atoms with Gasteiger partial charge in [-0.05, 0) is 13.8 Å². The molecule has 0 saturated carbocycles. The number of aliphatic carboxylic acids is 1. The molecule has 0 aliphatic rings. The minimum atomic E-state index is -1.37. The Hall–Kier alpha value is -1.48. The smallest absolute Gasteiger partial charge is 0.329 e. The lowest BCUT2D eigenvalue weighted by Gasteiger charge is -2.34. The molecule has 0 bridgehead atoms. The maximum absolute atomic E-state index is 11.7. The summed E-state index contributed by atoms with van der Waals surface area (Å²) in [4.78, 5) is 23.9. The van der Waals surface area contributed by atoms with E-state index in [1.165, 1.54) is 13.8 Å². The predicted molar refractivity (Wildman–Crippen MR) is 62.8 cm³/mol. The average Bonchev–Trinajstić information content (AvgIpc) is 2.26. The Morgan fingerprint density at radius 1 is 1.53 bits per heavy atom. The highest BCUT2D eigenvalue weighted by atomic mass is 35.5. The molecule has 2 N–H and O–H groups in total. The Morgan fingerprint density at radius 3 is 2.53 bits per heavy atom. The van der Waals surface area contributed by atoms with E-state index in [1.54, 1.807) is 0 Å². The summed E-state index contributed by atoms with van der Waals surface area (Å²) in [6.07, 6.45) is 0.0744. The van der Waals surface area contributed by atoms with Crippen LogP contribution < -0.4 is 5.32 Å². The lowest BCUT2D eigenvalue weighted by Crippen LogP contribution is -2.56. The fraction of sp³-hybridized carbons (Fsp3) is 0.700. The number of carboxylic acid groups (broad SMARTS) is 1. The van der Waals surface area contributed by atoms with E-state index in [2.05, 4.69) is 5.32 Å². The summed E-state index contributed by atoms with van der Waals surface area (Å²) in [5.74, 6) is -0.887. The van der Waals surface area contributed by atoms with Crippen molar-refractivity contribution < 1.29 is 14.7 Å². The van der Waals surface area contributed by atoms with Crippen molar-refractivity contribution in [3.63, 3.8) is 0 Å². The number of urea groups is 1. The number of nitrogens with zero attached hydrogens (tertiary/aromatic N) is 2. The lowest BCUT2D eigenvalue weighted by molar-refractivity contribution is -0.147. The highest BCUT2D eigenvalue weighted by Gasteiger charge is 2.37. The van der Waals surface area contributed by atoms with E-state index in [9.17, 15) is 9.59 Å². The molecule has 17 heavy (non-hydrogen) atoms. The number of nitrogens with one attached hydrogen (secondary N) is 1. The first-order valence-electron chi connectivity index (χ1n) is 5.09. The van der Waals surface area contributed by atoms with Gasteiger partial charge in [-0.15, -0.1) is 11.6 Å². The molecule has 0 heterocycles. The number of nitriles is 1. The molecule has 7 heteroatoms. The van der Waals surface area contributed by atoms with Gasteiger partial charge in [0.25, 0.3) is 0 Å². The summed E-state index contributed by atoms with van der Waals surface area (Å²) in [7, 11) is 0. The quantitative estimate of drug-likeness (QED) is 0.698. The third-order valence-electron chi connectivity index (χ3n) is 2.26. The first-order chi connectivity index (χ1) is 7.87. The number of alkyl halides is 1. The third kappa shape index (κ3) is 4.49. The number of rotatable bonds is 6. The molecule has 0 aromatic heterocycles. The van der Waals surface area contributed by atoms with Crippen LogP contribution in [0, 0.1) is 11.3 Å². The van der Waals surface area contributed by atoms with E-state index in [-0.39, 0.29) is 25.4 Å². The summed E-state index contributed by atoms with van der Waals surface area (Å²) in [5, 5.41) is 20.0. The zero-order valence-corrected chi connectivity index (χ0v) is 10.6. The third-order valence-corrected chi connectivity index (χ3v) is 2.45. The van der Waals surface area contributed by atoms with Crippen molar-refractivity contribution in [3.05, 3.63) is 0 Å². The summed E-state index contributed by atoms with van der Waals surface area (Å²) in [6.45, 7) is 3.13. The van der Waals surface area contributed by atoms with Gasteiger partial charge >= 0.3 is 12.0 Å². The van der Waals surface area contributed by atoms with Gasteiger partial charge in [-0.2, -0.15) is 5.26 Å². The maximum Gasteiger partial charge on any atom is 0.329 e. The predicted octanol–water partition coefficient (Wildman–Crippen LogP) is 1.01. The number of carboxylic acids is 1. The molecule has 0 aromatic rings. The summed E-state index contributed by atoms with van der Waals surface area (Å²) in [6, 6.07) is 1.35. The number of halogens is 1. The first kappa shape index (κ1) is 15.5. The number of hydrogen-bond acceptors (Lipinski definition) is 3. The van der Waals surface area contributed by atoms with E-state index in [0.717, 1.165) is 4.90 Å². The van der Waals surface area contributed by atoms with Crippen LogP contribution in [0.4, 0.5) is 4.79 Å². The Bertz CT molecular complexity index is 325. The van der Waals surface area contributed by atoms with Crippen LogP contribution in [0.2, 0.25) is 0 Å². The number of carbonyl (C=O) groups excluding carboxylic acids is 1. The monoisotopic (exact) mass is 261 g/mol. The molecule has 0 fully saturated rings. The van der Waals surface area contributed by atoms with Crippen molar-refractivity contribution >= 4 is 23.6 Å². The van der Waals surface area contributed by atoms with Crippen molar-refractivity contribution in [2.75, 3.05) is 19.0 Å². The zero-order chi connectivity index (χ0) is 13.5. The summed E-state index contributed by atoms with van der Waals surface area (Å²) in [5.41, 5.74) is -1.37. The molecule has 0 aliphatic heterocycles. The van der Waals surface area contributed by atoms with Crippen LogP contribution in [0.15, 0.2) is 0 Å². The van der Waals surface area contributed by atoms with Gasteiger partial charge in [-0.25, -0.2) is 9.59 Å². The molecular weight excluding hydrogens is 246 g/mol. The van der Waals surface area contributed by atoms with E-state index < -0.39 is 17.5 Å².